The van der Waals surface area contributed by atoms with Crippen LogP contribution < -0.4 is 10.2 Å². The van der Waals surface area contributed by atoms with Gasteiger partial charge in [0.15, 0.2) is 5.75 Å². The number of rotatable bonds is 1. The SMILES string of the molecule is O=C(NO)Oc1cncc(Br)c1. The van der Waals surface area contributed by atoms with Crippen molar-refractivity contribution in [2.45, 2.75) is 0 Å². The predicted molar refractivity (Wildman–Crippen MR) is 42.9 cm³/mol. The van der Waals surface area contributed by atoms with Crippen molar-refractivity contribution in [3.8, 4) is 5.75 Å². The summed E-state index contributed by atoms with van der Waals surface area (Å²) >= 11 is 3.14. The first-order valence-electron chi connectivity index (χ1n) is 2.95. The molecule has 2 N–H and O–H groups in total. The van der Waals surface area contributed by atoms with Gasteiger partial charge in [-0.05, 0) is 22.0 Å². The minimum atomic E-state index is -0.949. The highest BCUT2D eigenvalue weighted by Crippen LogP contribution is 2.15. The summed E-state index contributed by atoms with van der Waals surface area (Å²) in [5.41, 5.74) is 1.33. The lowest BCUT2D eigenvalue weighted by Crippen LogP contribution is -2.22. The smallest absolute Gasteiger partial charge is 0.407 e. The Balaban J connectivity index is 2.69. The van der Waals surface area contributed by atoms with Crippen molar-refractivity contribution in [2.75, 3.05) is 0 Å². The molecule has 0 aromatic carbocycles. The fourth-order valence-electron chi connectivity index (χ4n) is 0.578. The highest BCUT2D eigenvalue weighted by Gasteiger charge is 2.01. The zero-order valence-corrected chi connectivity index (χ0v) is 7.41. The molecule has 0 radical (unpaired) electrons. The van der Waals surface area contributed by atoms with E-state index in [4.69, 9.17) is 5.21 Å². The van der Waals surface area contributed by atoms with Crippen LogP contribution >= 0.6 is 15.9 Å². The fraction of sp³-hybridized carbons (Fsp3) is 0. The van der Waals surface area contributed by atoms with E-state index < -0.39 is 6.09 Å². The Kier molecular flexibility index (Phi) is 3.01. The Morgan fingerprint density at radius 3 is 3.00 bits per heavy atom. The second kappa shape index (κ2) is 4.03. The van der Waals surface area contributed by atoms with E-state index in [1.807, 2.05) is 0 Å². The van der Waals surface area contributed by atoms with Crippen LogP contribution in [-0.2, 0) is 0 Å². The number of halogens is 1. The number of nitrogens with zero attached hydrogens (tertiary/aromatic N) is 1. The predicted octanol–water partition coefficient (Wildman–Crippen LogP) is 1.32. The van der Waals surface area contributed by atoms with Crippen molar-refractivity contribution < 1.29 is 14.7 Å². The van der Waals surface area contributed by atoms with Crippen molar-refractivity contribution in [1.29, 1.82) is 0 Å². The van der Waals surface area contributed by atoms with Crippen LogP contribution in [0.15, 0.2) is 22.9 Å². The molecule has 5 nitrogen and oxygen atoms in total. The zero-order valence-electron chi connectivity index (χ0n) is 5.82. The molecule has 6 heteroatoms. The molecule has 0 aliphatic heterocycles. The third-order valence-electron chi connectivity index (χ3n) is 0.982. The van der Waals surface area contributed by atoms with Crippen LogP contribution in [0.25, 0.3) is 0 Å². The van der Waals surface area contributed by atoms with Crippen LogP contribution in [0.3, 0.4) is 0 Å². The summed E-state index contributed by atoms with van der Waals surface area (Å²) in [4.78, 5) is 14.2. The summed E-state index contributed by atoms with van der Waals surface area (Å²) < 4.78 is 5.24. The van der Waals surface area contributed by atoms with Crippen molar-refractivity contribution in [1.82, 2.24) is 10.5 Å². The lowest BCUT2D eigenvalue weighted by atomic mass is 10.5. The van der Waals surface area contributed by atoms with E-state index in [0.717, 1.165) is 0 Å². The summed E-state index contributed by atoms with van der Waals surface area (Å²) in [5, 5.41) is 8.11. The van der Waals surface area contributed by atoms with E-state index in [0.29, 0.717) is 4.47 Å². The van der Waals surface area contributed by atoms with Gasteiger partial charge < -0.3 is 4.74 Å². The molecule has 0 atom stereocenters. The van der Waals surface area contributed by atoms with Crippen LogP contribution in [0.4, 0.5) is 4.79 Å². The number of carbonyl (C=O) groups excluding carboxylic acids is 1. The summed E-state index contributed by atoms with van der Waals surface area (Å²) in [6.45, 7) is 0. The topological polar surface area (TPSA) is 71.5 Å². The van der Waals surface area contributed by atoms with Gasteiger partial charge in [-0.2, -0.15) is 0 Å². The average Bonchev–Trinajstić information content (AvgIpc) is 2.04. The van der Waals surface area contributed by atoms with Crippen LogP contribution in [0.5, 0.6) is 5.75 Å². The number of hydroxylamine groups is 1. The van der Waals surface area contributed by atoms with Crippen molar-refractivity contribution in [3.05, 3.63) is 22.9 Å². The molecule has 0 bridgehead atoms. The molecule has 1 rings (SSSR count). The number of nitrogens with one attached hydrogen (secondary N) is 1. The monoisotopic (exact) mass is 232 g/mol. The molecule has 0 saturated carbocycles. The third kappa shape index (κ3) is 2.48. The van der Waals surface area contributed by atoms with Gasteiger partial charge >= 0.3 is 6.09 Å². The molecule has 0 unspecified atom stereocenters. The zero-order chi connectivity index (χ0) is 8.97. The first-order chi connectivity index (χ1) is 5.72. The highest BCUT2D eigenvalue weighted by atomic mass is 79.9. The van der Waals surface area contributed by atoms with Crippen LogP contribution in [0, 0.1) is 0 Å². The maximum absolute atomic E-state index is 10.5. The summed E-state index contributed by atoms with van der Waals surface area (Å²) in [7, 11) is 0. The lowest BCUT2D eigenvalue weighted by molar-refractivity contribution is 0.127. The van der Waals surface area contributed by atoms with Crippen molar-refractivity contribution >= 4 is 22.0 Å². The van der Waals surface area contributed by atoms with Gasteiger partial charge in [0, 0.05) is 10.7 Å². The first kappa shape index (κ1) is 8.95. The molecule has 1 heterocycles. The second-order valence-corrected chi connectivity index (χ2v) is 2.76. The van der Waals surface area contributed by atoms with Crippen molar-refractivity contribution in [2.24, 2.45) is 0 Å². The second-order valence-electron chi connectivity index (χ2n) is 1.84. The maximum Gasteiger partial charge on any atom is 0.436 e. The third-order valence-corrected chi connectivity index (χ3v) is 1.42. The molecule has 64 valence electrons. The van der Waals surface area contributed by atoms with Gasteiger partial charge in [-0.3, -0.25) is 10.2 Å². The molecule has 1 aromatic rings. The van der Waals surface area contributed by atoms with E-state index in [2.05, 4.69) is 25.7 Å². The number of pyridine rings is 1. The van der Waals surface area contributed by atoms with E-state index in [9.17, 15) is 4.79 Å². The molecule has 1 aromatic heterocycles. The Hall–Kier alpha value is -1.14. The molecule has 0 aliphatic rings. The van der Waals surface area contributed by atoms with E-state index in [-0.39, 0.29) is 5.75 Å². The largest absolute Gasteiger partial charge is 0.436 e. The Morgan fingerprint density at radius 1 is 1.67 bits per heavy atom. The number of amides is 1. The Labute approximate surface area is 76.5 Å². The van der Waals surface area contributed by atoms with Gasteiger partial charge in [-0.25, -0.2) is 10.3 Å². The van der Waals surface area contributed by atoms with Crippen LogP contribution in [0.2, 0.25) is 0 Å². The standard InChI is InChI=1S/C6H5BrN2O3/c7-4-1-5(3-8-2-4)12-6(10)9-11/h1-3,11H,(H,9,10). The minimum absolute atomic E-state index is 0.246. The molecular formula is C6H5BrN2O3. The minimum Gasteiger partial charge on any atom is -0.407 e. The van der Waals surface area contributed by atoms with Crippen molar-refractivity contribution in [3.63, 3.8) is 0 Å². The molecule has 0 fully saturated rings. The normalized spacial score (nSPS) is 9.17. The average molecular weight is 233 g/mol. The van der Waals surface area contributed by atoms with Crippen LogP contribution in [0.1, 0.15) is 0 Å². The number of ether oxygens (including phenoxy) is 1. The number of aromatic nitrogens is 1. The summed E-state index contributed by atoms with van der Waals surface area (Å²) in [6, 6.07) is 1.54. The molecule has 0 aliphatic carbocycles. The summed E-state index contributed by atoms with van der Waals surface area (Å²) in [5.74, 6) is 0.246. The molecule has 0 saturated heterocycles. The lowest BCUT2D eigenvalue weighted by Gasteiger charge is -2.00. The molecule has 0 spiro atoms. The fourth-order valence-corrected chi connectivity index (χ4v) is 0.922. The number of carbonyl (C=O) groups is 1. The van der Waals surface area contributed by atoms with Gasteiger partial charge in [-0.1, -0.05) is 0 Å². The quantitative estimate of drug-likeness (QED) is 0.566. The van der Waals surface area contributed by atoms with E-state index in [1.165, 1.54) is 11.7 Å². The van der Waals surface area contributed by atoms with Gasteiger partial charge in [0.2, 0.25) is 0 Å². The van der Waals surface area contributed by atoms with E-state index >= 15 is 0 Å². The number of hydrogen-bond donors (Lipinski definition) is 2. The van der Waals surface area contributed by atoms with Crippen LogP contribution in [-0.4, -0.2) is 16.3 Å². The molecule has 1 amide bonds. The Bertz CT molecular complexity index is 292. The Morgan fingerprint density at radius 2 is 2.42 bits per heavy atom. The van der Waals surface area contributed by atoms with Gasteiger partial charge in [-0.15, -0.1) is 0 Å². The van der Waals surface area contributed by atoms with E-state index in [1.54, 1.807) is 12.3 Å². The van der Waals surface area contributed by atoms with Gasteiger partial charge in [0.25, 0.3) is 0 Å². The highest BCUT2D eigenvalue weighted by molar-refractivity contribution is 9.10. The first-order valence-corrected chi connectivity index (χ1v) is 3.74. The summed E-state index contributed by atoms with van der Waals surface area (Å²) in [6.07, 6.45) is 1.94. The number of hydrogen-bond acceptors (Lipinski definition) is 4. The van der Waals surface area contributed by atoms with Gasteiger partial charge in [0.05, 0.1) is 6.20 Å². The van der Waals surface area contributed by atoms with Gasteiger partial charge in [0.1, 0.15) is 0 Å². The molecular weight excluding hydrogens is 228 g/mol. The molecule has 12 heavy (non-hydrogen) atoms. The maximum atomic E-state index is 10.5.